The van der Waals surface area contributed by atoms with E-state index >= 15 is 0 Å². The van der Waals surface area contributed by atoms with Crippen molar-refractivity contribution in [2.75, 3.05) is 13.7 Å². The van der Waals surface area contributed by atoms with E-state index in [1.54, 1.807) is 7.11 Å². The third-order valence-electron chi connectivity index (χ3n) is 2.44. The van der Waals surface area contributed by atoms with E-state index in [1.807, 2.05) is 0 Å². The molecule has 0 fully saturated rings. The van der Waals surface area contributed by atoms with E-state index in [2.05, 4.69) is 31.2 Å². The van der Waals surface area contributed by atoms with E-state index in [1.165, 1.54) is 11.1 Å². The monoisotopic (exact) mass is 193 g/mol. The molecule has 78 valence electrons. The maximum absolute atomic E-state index is 5.56. The Bertz CT molecular complexity index is 273. The van der Waals surface area contributed by atoms with Crippen LogP contribution in [0.5, 0.6) is 0 Å². The van der Waals surface area contributed by atoms with Crippen LogP contribution in [0.3, 0.4) is 0 Å². The average molecular weight is 193 g/mol. The van der Waals surface area contributed by atoms with Gasteiger partial charge in [-0.25, -0.2) is 0 Å². The van der Waals surface area contributed by atoms with E-state index in [4.69, 9.17) is 10.5 Å². The molecule has 0 radical (unpaired) electrons. The van der Waals surface area contributed by atoms with E-state index in [9.17, 15) is 0 Å². The van der Waals surface area contributed by atoms with Gasteiger partial charge in [-0.3, -0.25) is 0 Å². The topological polar surface area (TPSA) is 35.2 Å². The number of rotatable bonds is 5. The van der Waals surface area contributed by atoms with Crippen LogP contribution in [0.2, 0.25) is 0 Å². The first-order valence-electron chi connectivity index (χ1n) is 5.07. The summed E-state index contributed by atoms with van der Waals surface area (Å²) in [5.74, 6) is 0. The molecule has 0 aromatic heterocycles. The van der Waals surface area contributed by atoms with Gasteiger partial charge in [0.1, 0.15) is 0 Å². The van der Waals surface area contributed by atoms with Gasteiger partial charge < -0.3 is 10.5 Å². The number of ether oxygens (including phenoxy) is 1. The van der Waals surface area contributed by atoms with Crippen LogP contribution in [0, 0.1) is 0 Å². The van der Waals surface area contributed by atoms with Crippen LogP contribution in [0.4, 0.5) is 0 Å². The lowest BCUT2D eigenvalue weighted by molar-refractivity contribution is 0.118. The number of hydrogen-bond donors (Lipinski definition) is 1. The molecule has 0 aliphatic heterocycles. The summed E-state index contributed by atoms with van der Waals surface area (Å²) in [5.41, 5.74) is 8.26. The van der Waals surface area contributed by atoms with E-state index in [-0.39, 0.29) is 6.10 Å². The second-order valence-electron chi connectivity index (χ2n) is 3.56. The molecule has 14 heavy (non-hydrogen) atoms. The SMILES string of the molecule is COC(C)Cc1ccccc1CCN. The van der Waals surface area contributed by atoms with Crippen molar-refractivity contribution >= 4 is 0 Å². The highest BCUT2D eigenvalue weighted by Gasteiger charge is 2.05. The molecule has 1 aromatic carbocycles. The second-order valence-corrected chi connectivity index (χ2v) is 3.56. The zero-order valence-electron chi connectivity index (χ0n) is 8.99. The highest BCUT2D eigenvalue weighted by atomic mass is 16.5. The van der Waals surface area contributed by atoms with Crippen LogP contribution < -0.4 is 5.73 Å². The molecule has 0 bridgehead atoms. The van der Waals surface area contributed by atoms with E-state index in [0.29, 0.717) is 6.54 Å². The maximum Gasteiger partial charge on any atom is 0.0583 e. The Morgan fingerprint density at radius 1 is 1.29 bits per heavy atom. The minimum absolute atomic E-state index is 0.272. The quantitative estimate of drug-likeness (QED) is 0.773. The Morgan fingerprint density at radius 2 is 1.93 bits per heavy atom. The summed E-state index contributed by atoms with van der Waals surface area (Å²) in [6.45, 7) is 2.79. The molecule has 1 rings (SSSR count). The van der Waals surface area contributed by atoms with Gasteiger partial charge in [0.15, 0.2) is 0 Å². The molecular formula is C12H19NO. The van der Waals surface area contributed by atoms with Crippen molar-refractivity contribution in [3.05, 3.63) is 35.4 Å². The Kier molecular flexibility index (Phi) is 4.63. The van der Waals surface area contributed by atoms with Crippen LogP contribution in [0.25, 0.3) is 0 Å². The minimum atomic E-state index is 0.272. The van der Waals surface area contributed by atoms with Crippen molar-refractivity contribution in [2.45, 2.75) is 25.9 Å². The largest absolute Gasteiger partial charge is 0.381 e. The fourth-order valence-electron chi connectivity index (χ4n) is 1.55. The zero-order chi connectivity index (χ0) is 10.4. The zero-order valence-corrected chi connectivity index (χ0v) is 8.99. The number of hydrogen-bond acceptors (Lipinski definition) is 2. The van der Waals surface area contributed by atoms with Crippen LogP contribution in [0.15, 0.2) is 24.3 Å². The third-order valence-corrected chi connectivity index (χ3v) is 2.44. The summed E-state index contributed by atoms with van der Waals surface area (Å²) >= 11 is 0. The normalized spacial score (nSPS) is 12.8. The first-order chi connectivity index (χ1) is 6.77. The van der Waals surface area contributed by atoms with Crippen molar-refractivity contribution in [3.8, 4) is 0 Å². The molecule has 0 saturated carbocycles. The molecule has 0 heterocycles. The Hall–Kier alpha value is -0.860. The molecule has 0 amide bonds. The molecule has 0 saturated heterocycles. The van der Waals surface area contributed by atoms with Gasteiger partial charge in [0, 0.05) is 7.11 Å². The Morgan fingerprint density at radius 3 is 2.50 bits per heavy atom. The molecule has 1 unspecified atom stereocenters. The van der Waals surface area contributed by atoms with Crippen LogP contribution in [-0.4, -0.2) is 19.8 Å². The summed E-state index contributed by atoms with van der Waals surface area (Å²) in [6, 6.07) is 8.43. The highest BCUT2D eigenvalue weighted by molar-refractivity contribution is 5.27. The second kappa shape index (κ2) is 5.78. The summed E-state index contributed by atoms with van der Waals surface area (Å²) in [4.78, 5) is 0. The van der Waals surface area contributed by atoms with Gasteiger partial charge in [-0.1, -0.05) is 24.3 Å². The van der Waals surface area contributed by atoms with Gasteiger partial charge in [0.05, 0.1) is 6.10 Å². The Labute approximate surface area is 86.1 Å². The summed E-state index contributed by atoms with van der Waals surface area (Å²) in [5, 5.41) is 0. The first kappa shape index (κ1) is 11.2. The highest BCUT2D eigenvalue weighted by Crippen LogP contribution is 2.12. The molecule has 0 spiro atoms. The van der Waals surface area contributed by atoms with Crippen molar-refractivity contribution in [1.82, 2.24) is 0 Å². The van der Waals surface area contributed by atoms with E-state index < -0.39 is 0 Å². The lowest BCUT2D eigenvalue weighted by Crippen LogP contribution is -2.12. The van der Waals surface area contributed by atoms with Gasteiger partial charge in [-0.15, -0.1) is 0 Å². The van der Waals surface area contributed by atoms with Gasteiger partial charge in [0.2, 0.25) is 0 Å². The minimum Gasteiger partial charge on any atom is -0.381 e. The van der Waals surface area contributed by atoms with Crippen molar-refractivity contribution in [2.24, 2.45) is 5.73 Å². The smallest absolute Gasteiger partial charge is 0.0583 e. The average Bonchev–Trinajstić information content (AvgIpc) is 2.21. The third kappa shape index (κ3) is 3.13. The number of nitrogens with two attached hydrogens (primary N) is 1. The van der Waals surface area contributed by atoms with Gasteiger partial charge >= 0.3 is 0 Å². The summed E-state index contributed by atoms with van der Waals surface area (Å²) in [7, 11) is 1.75. The summed E-state index contributed by atoms with van der Waals surface area (Å²) in [6.07, 6.45) is 2.19. The van der Waals surface area contributed by atoms with Gasteiger partial charge in [-0.2, -0.15) is 0 Å². The lowest BCUT2D eigenvalue weighted by Gasteiger charge is -2.12. The first-order valence-corrected chi connectivity index (χ1v) is 5.07. The van der Waals surface area contributed by atoms with Crippen molar-refractivity contribution in [3.63, 3.8) is 0 Å². The van der Waals surface area contributed by atoms with E-state index in [0.717, 1.165) is 12.8 Å². The number of benzene rings is 1. The molecule has 2 heteroatoms. The fourth-order valence-corrected chi connectivity index (χ4v) is 1.55. The maximum atomic E-state index is 5.56. The molecular weight excluding hydrogens is 174 g/mol. The predicted octanol–water partition coefficient (Wildman–Crippen LogP) is 1.77. The van der Waals surface area contributed by atoms with Crippen molar-refractivity contribution < 1.29 is 4.74 Å². The van der Waals surface area contributed by atoms with Gasteiger partial charge in [0.25, 0.3) is 0 Å². The van der Waals surface area contributed by atoms with Crippen LogP contribution in [0.1, 0.15) is 18.1 Å². The molecule has 2 N–H and O–H groups in total. The summed E-state index contributed by atoms with van der Waals surface area (Å²) < 4.78 is 5.26. The number of methoxy groups -OCH3 is 1. The van der Waals surface area contributed by atoms with Gasteiger partial charge in [-0.05, 0) is 37.4 Å². The molecule has 1 aromatic rings. The van der Waals surface area contributed by atoms with Crippen LogP contribution >= 0.6 is 0 Å². The predicted molar refractivity (Wildman–Crippen MR) is 59.4 cm³/mol. The van der Waals surface area contributed by atoms with Crippen LogP contribution in [-0.2, 0) is 17.6 Å². The van der Waals surface area contributed by atoms with Crippen molar-refractivity contribution in [1.29, 1.82) is 0 Å². The molecule has 0 aliphatic carbocycles. The molecule has 0 aliphatic rings. The molecule has 2 nitrogen and oxygen atoms in total. The standard InChI is InChI=1S/C12H19NO/c1-10(14-2)9-12-6-4-3-5-11(12)7-8-13/h3-6,10H,7-9,13H2,1-2H3. The molecule has 1 atom stereocenters. The Balaban J connectivity index is 2.73. The fraction of sp³-hybridized carbons (Fsp3) is 0.500. The lowest BCUT2D eigenvalue weighted by atomic mass is 10.00.